The van der Waals surface area contributed by atoms with E-state index < -0.39 is 0 Å². The van der Waals surface area contributed by atoms with E-state index in [2.05, 4.69) is 31.2 Å². The number of nitrogens with one attached hydrogen (secondary N) is 1. The van der Waals surface area contributed by atoms with Crippen molar-refractivity contribution < 1.29 is 4.79 Å². The minimum Gasteiger partial charge on any atom is -0.344 e. The van der Waals surface area contributed by atoms with Gasteiger partial charge < -0.3 is 10.2 Å². The van der Waals surface area contributed by atoms with E-state index >= 15 is 0 Å². The van der Waals surface area contributed by atoms with E-state index in [1.807, 2.05) is 25.7 Å². The summed E-state index contributed by atoms with van der Waals surface area (Å²) in [5.41, 5.74) is 3.16. The molecule has 0 radical (unpaired) electrons. The molecule has 1 amide bonds. The minimum atomic E-state index is 0. The van der Waals surface area contributed by atoms with Crippen molar-refractivity contribution in [2.45, 2.75) is 40.7 Å². The van der Waals surface area contributed by atoms with Crippen molar-refractivity contribution in [3.05, 3.63) is 17.0 Å². The van der Waals surface area contributed by atoms with Gasteiger partial charge in [0, 0.05) is 37.9 Å². The van der Waals surface area contributed by atoms with Gasteiger partial charge in [0.05, 0.1) is 12.1 Å². The maximum atomic E-state index is 12.2. The van der Waals surface area contributed by atoms with Gasteiger partial charge >= 0.3 is 0 Å². The van der Waals surface area contributed by atoms with Crippen LogP contribution in [0.2, 0.25) is 0 Å². The van der Waals surface area contributed by atoms with Crippen LogP contribution in [-0.2, 0) is 17.8 Å². The molecular weight excluding hydrogens is 288 g/mol. The molecule has 0 bridgehead atoms. The van der Waals surface area contributed by atoms with E-state index in [0.29, 0.717) is 12.3 Å². The van der Waals surface area contributed by atoms with Gasteiger partial charge in [-0.15, -0.1) is 12.4 Å². The van der Waals surface area contributed by atoms with Crippen LogP contribution in [0.15, 0.2) is 0 Å². The van der Waals surface area contributed by atoms with Gasteiger partial charge in [-0.25, -0.2) is 0 Å². The largest absolute Gasteiger partial charge is 0.344 e. The topological polar surface area (TPSA) is 50.2 Å². The molecule has 0 aliphatic carbocycles. The van der Waals surface area contributed by atoms with Crippen LogP contribution >= 0.6 is 12.4 Å². The SMILES string of the molecule is CNCCN(C)C(=O)Cc1c(C)nn(CC(C)C)c1C.Cl. The van der Waals surface area contributed by atoms with Crippen molar-refractivity contribution in [1.82, 2.24) is 20.0 Å². The van der Waals surface area contributed by atoms with Gasteiger partial charge in [0.1, 0.15) is 0 Å². The Morgan fingerprint density at radius 3 is 2.52 bits per heavy atom. The van der Waals surface area contributed by atoms with Crippen LogP contribution in [-0.4, -0.2) is 47.8 Å². The van der Waals surface area contributed by atoms with Gasteiger partial charge in [-0.3, -0.25) is 9.48 Å². The molecular formula is C15H29ClN4O. The highest BCUT2D eigenvalue weighted by Gasteiger charge is 2.17. The fourth-order valence-electron chi connectivity index (χ4n) is 2.20. The Kier molecular flexibility index (Phi) is 8.59. The van der Waals surface area contributed by atoms with Gasteiger partial charge in [0.25, 0.3) is 0 Å². The Labute approximate surface area is 134 Å². The summed E-state index contributed by atoms with van der Waals surface area (Å²) in [5, 5.41) is 7.61. The third-order valence-electron chi connectivity index (χ3n) is 3.52. The third-order valence-corrected chi connectivity index (χ3v) is 3.52. The lowest BCUT2D eigenvalue weighted by molar-refractivity contribution is -0.129. The number of hydrogen-bond acceptors (Lipinski definition) is 3. The summed E-state index contributed by atoms with van der Waals surface area (Å²) < 4.78 is 2.02. The molecule has 5 nitrogen and oxygen atoms in total. The van der Waals surface area contributed by atoms with Crippen LogP contribution in [0, 0.1) is 19.8 Å². The molecule has 1 N–H and O–H groups in total. The van der Waals surface area contributed by atoms with Crippen LogP contribution in [0.1, 0.15) is 30.8 Å². The Balaban J connectivity index is 0.00000400. The Hall–Kier alpha value is -1.07. The molecule has 0 saturated heterocycles. The van der Waals surface area contributed by atoms with Gasteiger partial charge in [0.2, 0.25) is 5.91 Å². The molecule has 0 spiro atoms. The van der Waals surface area contributed by atoms with Crippen molar-refractivity contribution in [3.8, 4) is 0 Å². The number of halogens is 1. The van der Waals surface area contributed by atoms with Crippen molar-refractivity contribution in [1.29, 1.82) is 0 Å². The van der Waals surface area contributed by atoms with Crippen molar-refractivity contribution >= 4 is 18.3 Å². The fraction of sp³-hybridized carbons (Fsp3) is 0.733. The summed E-state index contributed by atoms with van der Waals surface area (Å²) in [4.78, 5) is 14.0. The monoisotopic (exact) mass is 316 g/mol. The van der Waals surface area contributed by atoms with E-state index in [9.17, 15) is 4.79 Å². The minimum absolute atomic E-state index is 0. The summed E-state index contributed by atoms with van der Waals surface area (Å²) in [7, 11) is 3.74. The highest BCUT2D eigenvalue weighted by Crippen LogP contribution is 2.16. The number of aryl methyl sites for hydroxylation is 1. The summed E-state index contributed by atoms with van der Waals surface area (Å²) in [6.07, 6.45) is 0.440. The van der Waals surface area contributed by atoms with Crippen LogP contribution in [0.25, 0.3) is 0 Å². The van der Waals surface area contributed by atoms with E-state index in [0.717, 1.165) is 36.6 Å². The first kappa shape index (κ1) is 19.9. The highest BCUT2D eigenvalue weighted by molar-refractivity contribution is 5.85. The molecule has 1 rings (SSSR count). The molecule has 21 heavy (non-hydrogen) atoms. The van der Waals surface area contributed by atoms with Crippen LogP contribution in [0.5, 0.6) is 0 Å². The Bertz CT molecular complexity index is 457. The zero-order valence-corrected chi connectivity index (χ0v) is 14.9. The maximum absolute atomic E-state index is 12.2. The molecule has 1 aromatic heterocycles. The summed E-state index contributed by atoms with van der Waals surface area (Å²) in [6, 6.07) is 0. The van der Waals surface area contributed by atoms with Gasteiger partial charge in [-0.05, 0) is 26.8 Å². The lowest BCUT2D eigenvalue weighted by atomic mass is 10.1. The molecule has 1 heterocycles. The summed E-state index contributed by atoms with van der Waals surface area (Å²) in [6.45, 7) is 10.8. The molecule has 0 aromatic carbocycles. The fourth-order valence-corrected chi connectivity index (χ4v) is 2.20. The standard InChI is InChI=1S/C15H28N4O.ClH/c1-11(2)10-19-13(4)14(12(3)17-19)9-15(20)18(6)8-7-16-5;/h11,16H,7-10H2,1-6H3;1H. The number of likely N-dealkylation sites (N-methyl/N-ethyl adjacent to an activating group) is 2. The molecule has 122 valence electrons. The molecule has 0 fully saturated rings. The lowest BCUT2D eigenvalue weighted by Gasteiger charge is -2.17. The average molecular weight is 317 g/mol. The normalized spacial score (nSPS) is 10.6. The predicted octanol–water partition coefficient (Wildman–Crippen LogP) is 1.80. The number of carbonyl (C=O) groups excluding carboxylic acids is 1. The van der Waals surface area contributed by atoms with Crippen LogP contribution in [0.3, 0.4) is 0 Å². The third kappa shape index (κ3) is 5.67. The number of rotatable bonds is 7. The highest BCUT2D eigenvalue weighted by atomic mass is 35.5. The zero-order valence-electron chi connectivity index (χ0n) is 14.1. The van der Waals surface area contributed by atoms with Crippen LogP contribution < -0.4 is 5.32 Å². The zero-order chi connectivity index (χ0) is 15.3. The number of nitrogens with zero attached hydrogens (tertiary/aromatic N) is 3. The second-order valence-electron chi connectivity index (χ2n) is 5.82. The van der Waals surface area contributed by atoms with Gasteiger partial charge in [-0.1, -0.05) is 13.8 Å². The number of aromatic nitrogens is 2. The smallest absolute Gasteiger partial charge is 0.226 e. The van der Waals surface area contributed by atoms with E-state index in [1.165, 1.54) is 0 Å². The number of hydrogen-bond donors (Lipinski definition) is 1. The van der Waals surface area contributed by atoms with Crippen molar-refractivity contribution in [2.75, 3.05) is 27.2 Å². The quantitative estimate of drug-likeness (QED) is 0.834. The molecule has 0 saturated carbocycles. The predicted molar refractivity (Wildman–Crippen MR) is 89.1 cm³/mol. The average Bonchev–Trinajstić information content (AvgIpc) is 2.62. The molecule has 1 aromatic rings. The number of amides is 1. The summed E-state index contributed by atoms with van der Waals surface area (Å²) in [5.74, 6) is 0.699. The maximum Gasteiger partial charge on any atom is 0.226 e. The molecule has 0 aliphatic rings. The molecule has 0 unspecified atom stereocenters. The Morgan fingerprint density at radius 1 is 1.38 bits per heavy atom. The van der Waals surface area contributed by atoms with E-state index in [-0.39, 0.29) is 18.3 Å². The first-order valence-electron chi connectivity index (χ1n) is 7.28. The first-order valence-corrected chi connectivity index (χ1v) is 7.28. The van der Waals surface area contributed by atoms with Gasteiger partial charge in [0.15, 0.2) is 0 Å². The second-order valence-corrected chi connectivity index (χ2v) is 5.82. The van der Waals surface area contributed by atoms with Crippen molar-refractivity contribution in [2.24, 2.45) is 5.92 Å². The first-order chi connectivity index (χ1) is 9.36. The van der Waals surface area contributed by atoms with E-state index in [4.69, 9.17) is 0 Å². The van der Waals surface area contributed by atoms with Gasteiger partial charge in [-0.2, -0.15) is 5.10 Å². The lowest BCUT2D eigenvalue weighted by Crippen LogP contribution is -2.34. The van der Waals surface area contributed by atoms with E-state index in [1.54, 1.807) is 4.90 Å². The second kappa shape index (κ2) is 9.05. The molecule has 0 atom stereocenters. The van der Waals surface area contributed by atoms with Crippen molar-refractivity contribution in [3.63, 3.8) is 0 Å². The number of carbonyl (C=O) groups is 1. The molecule has 6 heteroatoms. The van der Waals surface area contributed by atoms with Crippen LogP contribution in [0.4, 0.5) is 0 Å². The summed E-state index contributed by atoms with van der Waals surface area (Å²) >= 11 is 0. The molecule has 0 aliphatic heterocycles. The Morgan fingerprint density at radius 2 is 2.00 bits per heavy atom.